The summed E-state index contributed by atoms with van der Waals surface area (Å²) in [5.74, 6) is 0. The molecule has 1 amide bonds. The van der Waals surface area contributed by atoms with Crippen LogP contribution in [-0.2, 0) is 10.2 Å². The van der Waals surface area contributed by atoms with E-state index >= 15 is 0 Å². The Morgan fingerprint density at radius 2 is 2.00 bits per heavy atom. The number of nitrogens with zero attached hydrogens (tertiary/aromatic N) is 2. The lowest BCUT2D eigenvalue weighted by Crippen LogP contribution is -2.37. The van der Waals surface area contributed by atoms with Gasteiger partial charge in [0, 0.05) is 30.6 Å². The number of ether oxygens (including phenoxy) is 1. The maximum absolute atomic E-state index is 11.7. The van der Waals surface area contributed by atoms with Crippen LogP contribution >= 0.6 is 0 Å². The van der Waals surface area contributed by atoms with Gasteiger partial charge in [0.25, 0.3) is 5.69 Å². The second kappa shape index (κ2) is 6.81. The minimum atomic E-state index is -0.395. The van der Waals surface area contributed by atoms with Gasteiger partial charge in [0.05, 0.1) is 11.5 Å². The molecule has 0 saturated heterocycles. The van der Waals surface area contributed by atoms with Crippen LogP contribution in [0.1, 0.15) is 32.8 Å². The number of nitro benzene ring substituents is 1. The van der Waals surface area contributed by atoms with E-state index in [-0.39, 0.29) is 17.2 Å². The first-order valence-corrected chi connectivity index (χ1v) is 7.72. The molecule has 0 spiro atoms. The zero-order valence-electron chi connectivity index (χ0n) is 13.7. The largest absolute Gasteiger partial charge is 0.450 e. The maximum atomic E-state index is 11.7. The molecule has 1 heterocycles. The Hall–Kier alpha value is -2.37. The summed E-state index contributed by atoms with van der Waals surface area (Å²) in [7, 11) is 0. The fourth-order valence-corrected chi connectivity index (χ4v) is 2.80. The van der Waals surface area contributed by atoms with Gasteiger partial charge in [0.1, 0.15) is 0 Å². The lowest BCUT2D eigenvalue weighted by Gasteiger charge is -2.34. The van der Waals surface area contributed by atoms with Crippen molar-refractivity contribution in [3.8, 4) is 0 Å². The molecule has 0 atom stereocenters. The summed E-state index contributed by atoms with van der Waals surface area (Å²) in [4.78, 5) is 23.8. The van der Waals surface area contributed by atoms with Crippen molar-refractivity contribution in [1.82, 2.24) is 4.90 Å². The Morgan fingerprint density at radius 3 is 2.48 bits per heavy atom. The highest BCUT2D eigenvalue weighted by atomic mass is 16.6. The Labute approximate surface area is 135 Å². The van der Waals surface area contributed by atoms with Crippen molar-refractivity contribution in [2.45, 2.75) is 32.6 Å². The van der Waals surface area contributed by atoms with Crippen molar-refractivity contribution >= 4 is 11.8 Å². The summed E-state index contributed by atoms with van der Waals surface area (Å²) >= 11 is 0. The minimum absolute atomic E-state index is 0.0932. The standard InChI is InChI=1S/C17H22N2O4/c1-4-23-16(20)18-11-9-14(10-12-18)17(2,3)13-5-7-15(8-6-13)19(21)22/h5-9H,4,10-12H2,1-3H3. The molecule has 0 bridgehead atoms. The third-order valence-corrected chi connectivity index (χ3v) is 4.34. The molecule has 0 N–H and O–H groups in total. The number of rotatable bonds is 4. The number of non-ortho nitro benzene ring substituents is 1. The molecule has 6 heteroatoms. The predicted molar refractivity (Wildman–Crippen MR) is 87.4 cm³/mol. The van der Waals surface area contributed by atoms with E-state index in [1.54, 1.807) is 24.0 Å². The summed E-state index contributed by atoms with van der Waals surface area (Å²) in [6.45, 7) is 7.52. The van der Waals surface area contributed by atoms with Gasteiger partial charge >= 0.3 is 6.09 Å². The third kappa shape index (κ3) is 3.70. The van der Waals surface area contributed by atoms with E-state index in [1.165, 1.54) is 17.7 Å². The molecule has 124 valence electrons. The van der Waals surface area contributed by atoms with Gasteiger partial charge in [0.2, 0.25) is 0 Å². The van der Waals surface area contributed by atoms with Crippen molar-refractivity contribution in [2.75, 3.05) is 19.7 Å². The van der Waals surface area contributed by atoms with Crippen molar-refractivity contribution in [2.24, 2.45) is 0 Å². The van der Waals surface area contributed by atoms with E-state index in [1.807, 2.05) is 0 Å². The first-order valence-electron chi connectivity index (χ1n) is 7.72. The molecule has 0 fully saturated rings. The van der Waals surface area contributed by atoms with Crippen molar-refractivity contribution in [3.05, 3.63) is 51.6 Å². The number of amides is 1. The number of carbonyl (C=O) groups is 1. The molecule has 1 aliphatic heterocycles. The lowest BCUT2D eigenvalue weighted by atomic mass is 9.75. The zero-order chi connectivity index (χ0) is 17.0. The number of benzene rings is 1. The van der Waals surface area contributed by atoms with Crippen molar-refractivity contribution in [1.29, 1.82) is 0 Å². The second-order valence-corrected chi connectivity index (χ2v) is 6.05. The van der Waals surface area contributed by atoms with Gasteiger partial charge in [-0.1, -0.05) is 37.6 Å². The molecule has 0 aliphatic carbocycles. The molecule has 0 aromatic heterocycles. The van der Waals surface area contributed by atoms with Crippen LogP contribution in [0.25, 0.3) is 0 Å². The van der Waals surface area contributed by atoms with Crippen LogP contribution in [0.2, 0.25) is 0 Å². The molecule has 0 radical (unpaired) electrons. The topological polar surface area (TPSA) is 72.7 Å². The summed E-state index contributed by atoms with van der Waals surface area (Å²) in [6.07, 6.45) is 2.54. The Bertz CT molecular complexity index is 620. The zero-order valence-corrected chi connectivity index (χ0v) is 13.7. The van der Waals surface area contributed by atoms with Gasteiger partial charge < -0.3 is 9.64 Å². The lowest BCUT2D eigenvalue weighted by molar-refractivity contribution is -0.384. The summed E-state index contributed by atoms with van der Waals surface area (Å²) < 4.78 is 5.02. The third-order valence-electron chi connectivity index (χ3n) is 4.34. The van der Waals surface area contributed by atoms with E-state index in [0.29, 0.717) is 19.7 Å². The summed E-state index contributed by atoms with van der Waals surface area (Å²) in [6, 6.07) is 6.67. The van der Waals surface area contributed by atoms with Gasteiger partial charge in [0.15, 0.2) is 0 Å². The highest BCUT2D eigenvalue weighted by Gasteiger charge is 2.29. The number of nitro groups is 1. The van der Waals surface area contributed by atoms with Crippen LogP contribution in [0.15, 0.2) is 35.9 Å². The normalized spacial score (nSPS) is 15.1. The van der Waals surface area contributed by atoms with E-state index in [2.05, 4.69) is 19.9 Å². The van der Waals surface area contributed by atoms with Crippen molar-refractivity contribution in [3.63, 3.8) is 0 Å². The predicted octanol–water partition coefficient (Wildman–Crippen LogP) is 3.66. The molecule has 1 aromatic carbocycles. The van der Waals surface area contributed by atoms with Gasteiger partial charge in [-0.15, -0.1) is 0 Å². The van der Waals surface area contributed by atoms with Crippen LogP contribution in [0, 0.1) is 10.1 Å². The molecule has 1 aliphatic rings. The van der Waals surface area contributed by atoms with Gasteiger partial charge in [-0.05, 0) is 18.9 Å². The van der Waals surface area contributed by atoms with Crippen molar-refractivity contribution < 1.29 is 14.5 Å². The van der Waals surface area contributed by atoms with E-state index < -0.39 is 4.92 Å². The van der Waals surface area contributed by atoms with Crippen LogP contribution in [0.5, 0.6) is 0 Å². The summed E-state index contributed by atoms with van der Waals surface area (Å²) in [5, 5.41) is 10.8. The number of carbonyl (C=O) groups excluding carboxylic acids is 1. The van der Waals surface area contributed by atoms with E-state index in [4.69, 9.17) is 4.74 Å². The maximum Gasteiger partial charge on any atom is 0.410 e. The Kier molecular flexibility index (Phi) is 5.03. The fourth-order valence-electron chi connectivity index (χ4n) is 2.80. The highest BCUT2D eigenvalue weighted by Crippen LogP contribution is 2.35. The smallest absolute Gasteiger partial charge is 0.410 e. The number of hydrogen-bond donors (Lipinski definition) is 0. The second-order valence-electron chi connectivity index (χ2n) is 6.05. The van der Waals surface area contributed by atoms with E-state index in [9.17, 15) is 14.9 Å². The minimum Gasteiger partial charge on any atom is -0.450 e. The quantitative estimate of drug-likeness (QED) is 0.482. The molecular formula is C17H22N2O4. The highest BCUT2D eigenvalue weighted by molar-refractivity contribution is 5.68. The van der Waals surface area contributed by atoms with Crippen LogP contribution in [0.3, 0.4) is 0 Å². The molecule has 2 rings (SSSR count). The molecular weight excluding hydrogens is 296 g/mol. The average Bonchev–Trinajstić information content (AvgIpc) is 2.55. The molecule has 23 heavy (non-hydrogen) atoms. The molecule has 6 nitrogen and oxygen atoms in total. The summed E-state index contributed by atoms with van der Waals surface area (Å²) in [5.41, 5.74) is 2.12. The SMILES string of the molecule is CCOC(=O)N1CC=C(C(C)(C)c2ccc([N+](=O)[O-])cc2)CC1. The first kappa shape index (κ1) is 17.0. The Morgan fingerprint density at radius 1 is 1.35 bits per heavy atom. The van der Waals surface area contributed by atoms with Crippen LogP contribution in [-0.4, -0.2) is 35.6 Å². The first-order chi connectivity index (χ1) is 10.9. The Balaban J connectivity index is 2.14. The van der Waals surface area contributed by atoms with Crippen LogP contribution < -0.4 is 0 Å². The molecule has 1 aromatic rings. The fraction of sp³-hybridized carbons (Fsp3) is 0.471. The molecule has 0 unspecified atom stereocenters. The monoisotopic (exact) mass is 318 g/mol. The average molecular weight is 318 g/mol. The van der Waals surface area contributed by atoms with Gasteiger partial charge in [-0.25, -0.2) is 4.79 Å². The van der Waals surface area contributed by atoms with Gasteiger partial charge in [-0.3, -0.25) is 10.1 Å². The van der Waals surface area contributed by atoms with Gasteiger partial charge in [-0.2, -0.15) is 0 Å². The molecule has 0 saturated carbocycles. The number of hydrogen-bond acceptors (Lipinski definition) is 4. The van der Waals surface area contributed by atoms with E-state index in [0.717, 1.165) is 12.0 Å². The van der Waals surface area contributed by atoms with Crippen LogP contribution in [0.4, 0.5) is 10.5 Å².